The van der Waals surface area contributed by atoms with E-state index in [9.17, 15) is 4.79 Å². The third kappa shape index (κ3) is 2.67. The molecule has 22 heavy (non-hydrogen) atoms. The van der Waals surface area contributed by atoms with Crippen molar-refractivity contribution in [3.05, 3.63) is 39.2 Å². The molecule has 0 aliphatic rings. The minimum Gasteiger partial charge on any atom is -0.368 e. The molecule has 1 aromatic carbocycles. The van der Waals surface area contributed by atoms with Crippen LogP contribution in [0.4, 0.5) is 5.95 Å². The van der Waals surface area contributed by atoms with Gasteiger partial charge in [-0.05, 0) is 24.3 Å². The Morgan fingerprint density at radius 3 is 2.73 bits per heavy atom. The van der Waals surface area contributed by atoms with Crippen LogP contribution in [-0.4, -0.2) is 15.8 Å². The van der Waals surface area contributed by atoms with E-state index in [1.807, 2.05) is 6.92 Å². The van der Waals surface area contributed by atoms with Crippen LogP contribution in [0.5, 0.6) is 0 Å². The van der Waals surface area contributed by atoms with E-state index in [0.717, 1.165) is 5.39 Å². The van der Waals surface area contributed by atoms with Crippen molar-refractivity contribution in [3.63, 3.8) is 0 Å². The van der Waals surface area contributed by atoms with Crippen molar-refractivity contribution in [2.45, 2.75) is 13.3 Å². The molecular weight excluding hydrogens is 341 g/mol. The van der Waals surface area contributed by atoms with Gasteiger partial charge in [0.15, 0.2) is 5.78 Å². The largest absolute Gasteiger partial charge is 0.368 e. The van der Waals surface area contributed by atoms with Crippen LogP contribution in [0.2, 0.25) is 10.0 Å². The molecule has 0 aliphatic heterocycles. The number of aromatic nitrogens is 2. The molecule has 0 amide bonds. The third-order valence-corrected chi connectivity index (χ3v) is 4.81. The Bertz CT molecular complexity index is 892. The molecule has 3 aromatic rings. The van der Waals surface area contributed by atoms with E-state index in [0.29, 0.717) is 37.4 Å². The van der Waals surface area contributed by atoms with Crippen LogP contribution < -0.4 is 5.73 Å². The summed E-state index contributed by atoms with van der Waals surface area (Å²) < 4.78 is 0. The van der Waals surface area contributed by atoms with Crippen molar-refractivity contribution in [2.75, 3.05) is 5.73 Å². The summed E-state index contributed by atoms with van der Waals surface area (Å²) in [5.74, 6) is 0.209. The fourth-order valence-corrected chi connectivity index (χ4v) is 3.68. The number of anilines is 1. The maximum atomic E-state index is 11.9. The molecule has 2 heterocycles. The Morgan fingerprint density at radius 2 is 2.05 bits per heavy atom. The van der Waals surface area contributed by atoms with Crippen LogP contribution in [0.25, 0.3) is 21.5 Å². The van der Waals surface area contributed by atoms with Gasteiger partial charge in [0, 0.05) is 22.4 Å². The molecule has 4 nitrogen and oxygen atoms in total. The van der Waals surface area contributed by atoms with E-state index in [1.165, 1.54) is 11.3 Å². The zero-order chi connectivity index (χ0) is 15.9. The van der Waals surface area contributed by atoms with E-state index < -0.39 is 0 Å². The van der Waals surface area contributed by atoms with Crippen LogP contribution in [0.3, 0.4) is 0 Å². The second kappa shape index (κ2) is 5.83. The topological polar surface area (TPSA) is 68.9 Å². The highest BCUT2D eigenvalue weighted by molar-refractivity contribution is 7.20. The Morgan fingerprint density at radius 1 is 1.27 bits per heavy atom. The van der Waals surface area contributed by atoms with E-state index >= 15 is 0 Å². The predicted molar refractivity (Wildman–Crippen MR) is 91.9 cm³/mol. The van der Waals surface area contributed by atoms with Crippen LogP contribution in [-0.2, 0) is 0 Å². The van der Waals surface area contributed by atoms with E-state index in [-0.39, 0.29) is 11.7 Å². The third-order valence-electron chi connectivity index (χ3n) is 3.19. The second-order valence-corrected chi connectivity index (χ2v) is 6.54. The van der Waals surface area contributed by atoms with E-state index in [2.05, 4.69) is 9.97 Å². The van der Waals surface area contributed by atoms with E-state index in [1.54, 1.807) is 24.3 Å². The first-order valence-electron chi connectivity index (χ1n) is 6.55. The number of nitrogen functional groups attached to an aromatic ring is 1. The van der Waals surface area contributed by atoms with Gasteiger partial charge in [-0.25, -0.2) is 9.97 Å². The lowest BCUT2D eigenvalue weighted by Gasteiger charge is -2.06. The minimum absolute atomic E-state index is 0.0646. The molecule has 0 spiro atoms. The van der Waals surface area contributed by atoms with Gasteiger partial charge in [-0.3, -0.25) is 4.79 Å². The Kier molecular flexibility index (Phi) is 4.04. The number of rotatable bonds is 3. The monoisotopic (exact) mass is 351 g/mol. The molecule has 0 atom stereocenters. The number of Topliss-reactive ketones (excluding diaryl/α,β-unsaturated/α-hetero) is 1. The lowest BCUT2D eigenvalue weighted by Crippen LogP contribution is -1.96. The zero-order valence-electron chi connectivity index (χ0n) is 11.6. The lowest BCUT2D eigenvalue weighted by atomic mass is 10.1. The summed E-state index contributed by atoms with van der Waals surface area (Å²) in [5, 5.41) is 1.78. The maximum Gasteiger partial charge on any atom is 0.221 e. The predicted octanol–water partition coefficient (Wildman–Crippen LogP) is 4.84. The standard InChI is InChI=1S/C15H11Cl2N3OS/c1-2-11(21)12-6-9-13(19-15(18)20-14(9)22-12)8-4-3-7(16)5-10(8)17/h3-6H,2H2,1H3,(H2,18,19,20). The van der Waals surface area contributed by atoms with Crippen LogP contribution in [0.15, 0.2) is 24.3 Å². The average molecular weight is 352 g/mol. The summed E-state index contributed by atoms with van der Waals surface area (Å²) in [6, 6.07) is 6.96. The van der Waals surface area contributed by atoms with Gasteiger partial charge < -0.3 is 5.73 Å². The first-order chi connectivity index (χ1) is 10.5. The van der Waals surface area contributed by atoms with Crippen LogP contribution >= 0.6 is 34.5 Å². The number of nitrogens with two attached hydrogens (primary N) is 1. The van der Waals surface area contributed by atoms with Crippen molar-refractivity contribution >= 4 is 56.5 Å². The lowest BCUT2D eigenvalue weighted by molar-refractivity contribution is 0.0992. The zero-order valence-corrected chi connectivity index (χ0v) is 13.9. The number of fused-ring (bicyclic) bond motifs is 1. The molecule has 0 unspecified atom stereocenters. The number of hydrogen-bond donors (Lipinski definition) is 1. The Balaban J connectivity index is 2.28. The fourth-order valence-electron chi connectivity index (χ4n) is 2.14. The highest BCUT2D eigenvalue weighted by Gasteiger charge is 2.17. The number of carbonyl (C=O) groups excluding carboxylic acids is 1. The molecule has 2 N–H and O–H groups in total. The normalized spacial score (nSPS) is 11.0. The summed E-state index contributed by atoms with van der Waals surface area (Å²) in [6.45, 7) is 1.82. The van der Waals surface area contributed by atoms with Gasteiger partial charge >= 0.3 is 0 Å². The SMILES string of the molecule is CCC(=O)c1cc2c(-c3ccc(Cl)cc3Cl)nc(N)nc2s1. The molecule has 7 heteroatoms. The smallest absolute Gasteiger partial charge is 0.221 e. The Hall–Kier alpha value is -1.69. The minimum atomic E-state index is 0.0646. The van der Waals surface area contributed by atoms with Gasteiger partial charge in [0.05, 0.1) is 15.6 Å². The number of halogens is 2. The Labute approximate surface area is 140 Å². The number of hydrogen-bond acceptors (Lipinski definition) is 5. The van der Waals surface area contributed by atoms with Crippen molar-refractivity contribution < 1.29 is 4.79 Å². The number of ketones is 1. The van der Waals surface area contributed by atoms with Crippen molar-refractivity contribution in [1.82, 2.24) is 9.97 Å². The molecule has 0 fully saturated rings. The second-order valence-electron chi connectivity index (χ2n) is 4.66. The summed E-state index contributed by atoms with van der Waals surface area (Å²) in [7, 11) is 0. The fraction of sp³-hybridized carbons (Fsp3) is 0.133. The first-order valence-corrected chi connectivity index (χ1v) is 8.12. The molecule has 112 valence electrons. The summed E-state index contributed by atoms with van der Waals surface area (Å²) in [4.78, 5) is 21.7. The van der Waals surface area contributed by atoms with Gasteiger partial charge in [0.25, 0.3) is 0 Å². The highest BCUT2D eigenvalue weighted by Crippen LogP contribution is 2.36. The molecule has 0 saturated carbocycles. The number of thiophene rings is 1. The first kappa shape index (κ1) is 15.2. The van der Waals surface area contributed by atoms with Crippen molar-refractivity contribution in [1.29, 1.82) is 0 Å². The van der Waals surface area contributed by atoms with Crippen molar-refractivity contribution in [3.8, 4) is 11.3 Å². The van der Waals surface area contributed by atoms with Gasteiger partial charge in [-0.15, -0.1) is 11.3 Å². The molecule has 0 bridgehead atoms. The molecular formula is C15H11Cl2N3OS. The van der Waals surface area contributed by atoms with Crippen LogP contribution in [0.1, 0.15) is 23.0 Å². The quantitative estimate of drug-likeness (QED) is 0.685. The number of nitrogens with zero attached hydrogens (tertiary/aromatic N) is 2. The number of benzene rings is 1. The summed E-state index contributed by atoms with van der Waals surface area (Å²) in [5.41, 5.74) is 7.10. The van der Waals surface area contributed by atoms with E-state index in [4.69, 9.17) is 28.9 Å². The summed E-state index contributed by atoms with van der Waals surface area (Å²) >= 11 is 13.5. The molecule has 0 saturated heterocycles. The van der Waals surface area contributed by atoms with Gasteiger partial charge in [-0.1, -0.05) is 30.1 Å². The van der Waals surface area contributed by atoms with Crippen molar-refractivity contribution in [2.24, 2.45) is 0 Å². The molecule has 2 aromatic heterocycles. The molecule has 3 rings (SSSR count). The van der Waals surface area contributed by atoms with Gasteiger partial charge in [0.1, 0.15) is 4.83 Å². The highest BCUT2D eigenvalue weighted by atomic mass is 35.5. The van der Waals surface area contributed by atoms with Crippen LogP contribution in [0, 0.1) is 0 Å². The molecule has 0 radical (unpaired) electrons. The maximum absolute atomic E-state index is 11.9. The summed E-state index contributed by atoms with van der Waals surface area (Å²) in [6.07, 6.45) is 0.437. The average Bonchev–Trinajstić information content (AvgIpc) is 2.89. The van der Waals surface area contributed by atoms with Gasteiger partial charge in [0.2, 0.25) is 5.95 Å². The number of carbonyl (C=O) groups is 1. The molecule has 0 aliphatic carbocycles. The van der Waals surface area contributed by atoms with Gasteiger partial charge in [-0.2, -0.15) is 0 Å².